The highest BCUT2D eigenvalue weighted by Crippen LogP contribution is 2.40. The third-order valence-electron chi connectivity index (χ3n) is 4.33. The minimum Gasteiger partial charge on any atom is -0.472 e. The van der Waals surface area contributed by atoms with Crippen molar-refractivity contribution in [2.45, 2.75) is 12.8 Å². The molecule has 1 aromatic heterocycles. The van der Waals surface area contributed by atoms with Crippen LogP contribution in [0.15, 0.2) is 53.3 Å². The number of anilines is 1. The van der Waals surface area contributed by atoms with Gasteiger partial charge in [-0.25, -0.2) is 4.98 Å². The first-order chi connectivity index (χ1) is 13.0. The molecule has 8 heteroatoms. The summed E-state index contributed by atoms with van der Waals surface area (Å²) in [6.45, 7) is 0. The van der Waals surface area contributed by atoms with E-state index in [1.165, 1.54) is 17.4 Å². The van der Waals surface area contributed by atoms with Gasteiger partial charge in [0.05, 0.1) is 23.8 Å². The normalized spacial score (nSPS) is 15.2. The standard InChI is InChI=1S/C19H14ClN3O3S/c20-11-2-4-15(14(7-11)17(21)24)22-18(25)16-9-27-19(23-16)13-3-1-10-8-26-6-5-12(10)13/h2,4-9H,1,3H2,(H2,21,24)(H,22,25). The van der Waals surface area contributed by atoms with Gasteiger partial charge in [0.2, 0.25) is 0 Å². The summed E-state index contributed by atoms with van der Waals surface area (Å²) in [4.78, 5) is 28.6. The average Bonchev–Trinajstić information content (AvgIpc) is 3.29. The number of primary amides is 1. The molecular formula is C19H14ClN3O3S. The first-order valence-corrected chi connectivity index (χ1v) is 9.40. The first-order valence-electron chi connectivity index (χ1n) is 8.14. The topological polar surface area (TPSA) is 94.3 Å². The molecule has 0 fully saturated rings. The molecule has 6 nitrogen and oxygen atoms in total. The molecule has 2 aliphatic rings. The number of rotatable bonds is 4. The van der Waals surface area contributed by atoms with E-state index < -0.39 is 11.8 Å². The summed E-state index contributed by atoms with van der Waals surface area (Å²) in [5.74, 6) is -1.08. The van der Waals surface area contributed by atoms with Crippen LogP contribution in [0.25, 0.3) is 5.57 Å². The second-order valence-corrected chi connectivity index (χ2v) is 7.31. The fourth-order valence-electron chi connectivity index (χ4n) is 3.04. The molecule has 2 amide bonds. The summed E-state index contributed by atoms with van der Waals surface area (Å²) in [6.07, 6.45) is 7.05. The number of benzene rings is 1. The van der Waals surface area contributed by atoms with Crippen LogP contribution in [0.1, 0.15) is 38.7 Å². The summed E-state index contributed by atoms with van der Waals surface area (Å²) >= 11 is 7.30. The van der Waals surface area contributed by atoms with Gasteiger partial charge < -0.3 is 15.8 Å². The molecule has 0 atom stereocenters. The number of amides is 2. The van der Waals surface area contributed by atoms with Gasteiger partial charge in [0.25, 0.3) is 11.8 Å². The van der Waals surface area contributed by atoms with Crippen LogP contribution in [0.5, 0.6) is 0 Å². The summed E-state index contributed by atoms with van der Waals surface area (Å²) in [6, 6.07) is 4.54. The zero-order chi connectivity index (χ0) is 19.0. The number of nitrogens with two attached hydrogens (primary N) is 1. The minimum atomic E-state index is -0.671. The highest BCUT2D eigenvalue weighted by molar-refractivity contribution is 7.11. The number of nitrogens with zero attached hydrogens (tertiary/aromatic N) is 1. The first kappa shape index (κ1) is 17.5. The van der Waals surface area contributed by atoms with Crippen molar-refractivity contribution in [3.8, 4) is 0 Å². The van der Waals surface area contributed by atoms with Gasteiger partial charge in [-0.05, 0) is 53.8 Å². The maximum Gasteiger partial charge on any atom is 0.275 e. The number of hydrogen-bond donors (Lipinski definition) is 2. The van der Waals surface area contributed by atoms with Crippen LogP contribution >= 0.6 is 22.9 Å². The molecule has 0 saturated heterocycles. The lowest BCUT2D eigenvalue weighted by Crippen LogP contribution is -2.18. The number of halogens is 1. The number of carbonyl (C=O) groups is 2. The molecule has 2 aromatic rings. The van der Waals surface area contributed by atoms with E-state index in [1.807, 2.05) is 6.08 Å². The predicted molar refractivity (Wildman–Crippen MR) is 104 cm³/mol. The van der Waals surface area contributed by atoms with Crippen LogP contribution in [-0.4, -0.2) is 16.8 Å². The van der Waals surface area contributed by atoms with Gasteiger partial charge in [-0.2, -0.15) is 0 Å². The number of carbonyl (C=O) groups excluding carboxylic acids is 2. The van der Waals surface area contributed by atoms with Gasteiger partial charge in [0.15, 0.2) is 0 Å². The number of fused-ring (bicyclic) bond motifs is 1. The van der Waals surface area contributed by atoms with E-state index in [0.29, 0.717) is 10.7 Å². The lowest BCUT2D eigenvalue weighted by atomic mass is 10.1. The molecule has 0 bridgehead atoms. The molecule has 136 valence electrons. The molecule has 0 radical (unpaired) electrons. The van der Waals surface area contributed by atoms with Crippen LogP contribution in [-0.2, 0) is 4.74 Å². The van der Waals surface area contributed by atoms with Gasteiger partial charge in [-0.15, -0.1) is 11.3 Å². The van der Waals surface area contributed by atoms with E-state index in [9.17, 15) is 9.59 Å². The van der Waals surface area contributed by atoms with Gasteiger partial charge in [0.1, 0.15) is 10.7 Å². The quantitative estimate of drug-likeness (QED) is 0.808. The van der Waals surface area contributed by atoms with Crippen LogP contribution in [0, 0.1) is 0 Å². The van der Waals surface area contributed by atoms with Crippen molar-refractivity contribution in [2.24, 2.45) is 5.73 Å². The highest BCUT2D eigenvalue weighted by Gasteiger charge is 2.24. The van der Waals surface area contributed by atoms with Crippen molar-refractivity contribution < 1.29 is 14.3 Å². The molecule has 1 aromatic carbocycles. The molecule has 0 spiro atoms. The molecule has 0 saturated carbocycles. The van der Waals surface area contributed by atoms with Crippen LogP contribution in [0.3, 0.4) is 0 Å². The predicted octanol–water partition coefficient (Wildman–Crippen LogP) is 4.12. The molecular weight excluding hydrogens is 386 g/mol. The fraction of sp³-hybridized carbons (Fsp3) is 0.105. The Morgan fingerprint density at radius 2 is 2.15 bits per heavy atom. The maximum atomic E-state index is 12.6. The Morgan fingerprint density at radius 1 is 1.30 bits per heavy atom. The SMILES string of the molecule is NC(=O)c1cc(Cl)ccc1NC(=O)c1csc(C2=C3C=COC=C3CC2)n1. The molecule has 27 heavy (non-hydrogen) atoms. The van der Waals surface area contributed by atoms with E-state index in [2.05, 4.69) is 10.3 Å². The number of aromatic nitrogens is 1. The van der Waals surface area contributed by atoms with Crippen molar-refractivity contribution in [1.82, 2.24) is 4.98 Å². The lowest BCUT2D eigenvalue weighted by molar-refractivity contribution is 0.100. The maximum absolute atomic E-state index is 12.6. The molecule has 0 unspecified atom stereocenters. The zero-order valence-corrected chi connectivity index (χ0v) is 15.6. The largest absolute Gasteiger partial charge is 0.472 e. The van der Waals surface area contributed by atoms with E-state index in [-0.39, 0.29) is 11.3 Å². The van der Waals surface area contributed by atoms with Crippen molar-refractivity contribution in [2.75, 3.05) is 5.32 Å². The second-order valence-electron chi connectivity index (χ2n) is 6.02. The van der Waals surface area contributed by atoms with Crippen molar-refractivity contribution in [3.05, 3.63) is 74.6 Å². The minimum absolute atomic E-state index is 0.147. The summed E-state index contributed by atoms with van der Waals surface area (Å²) < 4.78 is 5.21. The van der Waals surface area contributed by atoms with Crippen LogP contribution in [0.2, 0.25) is 5.02 Å². The Labute approximate surface area is 164 Å². The van der Waals surface area contributed by atoms with Gasteiger partial charge in [0, 0.05) is 10.4 Å². The number of thiazole rings is 1. The molecule has 3 N–H and O–H groups in total. The van der Waals surface area contributed by atoms with Crippen LogP contribution in [0.4, 0.5) is 5.69 Å². The van der Waals surface area contributed by atoms with E-state index >= 15 is 0 Å². The smallest absolute Gasteiger partial charge is 0.275 e. The summed E-state index contributed by atoms with van der Waals surface area (Å²) in [5.41, 5.74) is 9.43. The lowest BCUT2D eigenvalue weighted by Gasteiger charge is -2.08. The van der Waals surface area contributed by atoms with Gasteiger partial charge in [-0.1, -0.05) is 11.6 Å². The molecule has 4 rings (SSSR count). The van der Waals surface area contributed by atoms with Crippen molar-refractivity contribution in [1.29, 1.82) is 0 Å². The zero-order valence-electron chi connectivity index (χ0n) is 14.0. The van der Waals surface area contributed by atoms with Gasteiger partial charge >= 0.3 is 0 Å². The van der Waals surface area contributed by atoms with E-state index in [0.717, 1.165) is 34.6 Å². The van der Waals surface area contributed by atoms with E-state index in [4.69, 9.17) is 22.1 Å². The Morgan fingerprint density at radius 3 is 2.96 bits per heavy atom. The van der Waals surface area contributed by atoms with Gasteiger partial charge in [-0.3, -0.25) is 9.59 Å². The number of hydrogen-bond acceptors (Lipinski definition) is 5. The van der Waals surface area contributed by atoms with Crippen LogP contribution < -0.4 is 11.1 Å². The number of nitrogens with one attached hydrogen (secondary N) is 1. The third kappa shape index (κ3) is 3.39. The van der Waals surface area contributed by atoms with Crippen molar-refractivity contribution >= 4 is 46.0 Å². The highest BCUT2D eigenvalue weighted by atomic mass is 35.5. The monoisotopic (exact) mass is 399 g/mol. The average molecular weight is 400 g/mol. The molecule has 1 aliphatic carbocycles. The summed E-state index contributed by atoms with van der Waals surface area (Å²) in [7, 11) is 0. The Kier molecular flexibility index (Phi) is 4.55. The number of allylic oxidation sites excluding steroid dienone is 4. The Bertz CT molecular complexity index is 1050. The van der Waals surface area contributed by atoms with Crippen molar-refractivity contribution in [3.63, 3.8) is 0 Å². The fourth-order valence-corrected chi connectivity index (χ4v) is 4.10. The Hall–Kier alpha value is -2.90. The molecule has 1 aliphatic heterocycles. The third-order valence-corrected chi connectivity index (χ3v) is 5.47. The Balaban J connectivity index is 1.59. The second kappa shape index (κ2) is 7.02. The molecule has 2 heterocycles. The van der Waals surface area contributed by atoms with E-state index in [1.54, 1.807) is 30.0 Å². The summed E-state index contributed by atoms with van der Waals surface area (Å²) in [5, 5.41) is 5.54. The number of ether oxygens (including phenoxy) is 1.